The molecule has 2 aromatic rings. The quantitative estimate of drug-likeness (QED) is 0.786. The van der Waals surface area contributed by atoms with Gasteiger partial charge in [-0.25, -0.2) is 0 Å². The molecule has 1 unspecified atom stereocenters. The Labute approximate surface area is 114 Å². The molecule has 0 aliphatic carbocycles. The van der Waals surface area contributed by atoms with E-state index in [2.05, 4.69) is 0 Å². The van der Waals surface area contributed by atoms with Gasteiger partial charge in [-0.15, -0.1) is 0 Å². The predicted molar refractivity (Wildman–Crippen MR) is 78.3 cm³/mol. The van der Waals surface area contributed by atoms with Gasteiger partial charge >= 0.3 is 0 Å². The molecule has 0 fully saturated rings. The fraction of sp³-hybridized carbons (Fsp3) is 0.133. The number of hydrogen-bond acceptors (Lipinski definition) is 3. The van der Waals surface area contributed by atoms with Gasteiger partial charge in [0.25, 0.3) is 0 Å². The summed E-state index contributed by atoms with van der Waals surface area (Å²) in [7, 11) is 3.16. The maximum absolute atomic E-state index is 12.4. The summed E-state index contributed by atoms with van der Waals surface area (Å²) in [6, 6.07) is 15.0. The molecular weight excluding hydrogens is 259 g/mol. The maximum atomic E-state index is 12.4. The van der Waals surface area contributed by atoms with Crippen molar-refractivity contribution in [3.8, 4) is 11.5 Å². The third-order valence-corrected chi connectivity index (χ3v) is 3.79. The number of ether oxygens (including phenoxy) is 2. The zero-order chi connectivity index (χ0) is 13.7. The van der Waals surface area contributed by atoms with Crippen molar-refractivity contribution < 1.29 is 14.3 Å². The summed E-state index contributed by atoms with van der Waals surface area (Å²) in [6.45, 7) is 0. The summed E-state index contributed by atoms with van der Waals surface area (Å²) in [5.41, 5.74) is 0.523. The van der Waals surface area contributed by atoms with Crippen molar-refractivity contribution in [2.24, 2.45) is 0 Å². The van der Waals surface area contributed by atoms with E-state index < -0.39 is 0 Å². The third-order valence-electron chi connectivity index (χ3n) is 2.69. The summed E-state index contributed by atoms with van der Waals surface area (Å²) >= 11 is 0. The average molecular weight is 274 g/mol. The first-order valence-electron chi connectivity index (χ1n) is 5.83. The lowest BCUT2D eigenvalue weighted by molar-refractivity contribution is 0.108. The van der Waals surface area contributed by atoms with Gasteiger partial charge in [-0.05, 0) is 26.0 Å². The second-order valence-electron chi connectivity index (χ2n) is 3.86. The molecule has 0 aliphatic heterocycles. The highest BCUT2D eigenvalue weighted by Crippen LogP contribution is 2.33. The largest absolute Gasteiger partial charge is 0.496 e. The zero-order valence-corrected chi connectivity index (χ0v) is 11.8. The number of methoxy groups -OCH3 is 2. The summed E-state index contributed by atoms with van der Waals surface area (Å²) in [6.07, 6.45) is 0. The van der Waals surface area contributed by atoms with Gasteiger partial charge in [0, 0.05) is 0 Å². The number of carbonyl (C=O) groups excluding carboxylic acids is 1. The number of rotatable bonds is 5. The molecule has 0 bridgehead atoms. The minimum atomic E-state index is 0.0144. The number of carbonyl (C=O) groups is 1. The Morgan fingerprint density at radius 1 is 0.895 bits per heavy atom. The van der Waals surface area contributed by atoms with Gasteiger partial charge in [0.15, 0.2) is 5.52 Å². The van der Waals surface area contributed by atoms with Crippen molar-refractivity contribution in [1.29, 1.82) is 0 Å². The smallest absolute Gasteiger partial charge is 0.193 e. The van der Waals surface area contributed by atoms with E-state index in [1.165, 1.54) is 0 Å². The van der Waals surface area contributed by atoms with E-state index >= 15 is 0 Å². The van der Waals surface area contributed by atoms with Crippen LogP contribution >= 0.6 is 8.58 Å². The molecule has 0 saturated carbocycles. The van der Waals surface area contributed by atoms with E-state index in [0.29, 0.717) is 17.1 Å². The van der Waals surface area contributed by atoms with Crippen molar-refractivity contribution >= 4 is 19.4 Å². The van der Waals surface area contributed by atoms with Gasteiger partial charge in [0.1, 0.15) is 17.1 Å². The second-order valence-corrected chi connectivity index (χ2v) is 5.14. The van der Waals surface area contributed by atoms with Gasteiger partial charge in [0.2, 0.25) is 0 Å². The zero-order valence-electron chi connectivity index (χ0n) is 10.8. The van der Waals surface area contributed by atoms with E-state index in [4.69, 9.17) is 9.47 Å². The summed E-state index contributed by atoms with van der Waals surface area (Å²) in [5, 5.41) is 1.00. The van der Waals surface area contributed by atoms with E-state index in [1.54, 1.807) is 32.4 Å². The Morgan fingerprint density at radius 3 is 2.00 bits per heavy atom. The first kappa shape index (κ1) is 13.6. The van der Waals surface area contributed by atoms with Crippen LogP contribution in [0, 0.1) is 0 Å². The molecule has 2 aromatic carbocycles. The molecule has 0 heterocycles. The Morgan fingerprint density at radius 2 is 1.47 bits per heavy atom. The van der Waals surface area contributed by atoms with Crippen LogP contribution in [0.1, 0.15) is 10.4 Å². The highest BCUT2D eigenvalue weighted by Gasteiger charge is 2.18. The van der Waals surface area contributed by atoms with Crippen molar-refractivity contribution in [2.75, 3.05) is 14.2 Å². The number of benzene rings is 2. The third kappa shape index (κ3) is 3.12. The van der Waals surface area contributed by atoms with Crippen LogP contribution in [-0.2, 0) is 0 Å². The van der Waals surface area contributed by atoms with E-state index in [-0.39, 0.29) is 14.1 Å². The van der Waals surface area contributed by atoms with Gasteiger partial charge in [-0.2, -0.15) is 0 Å². The first-order valence-corrected chi connectivity index (χ1v) is 6.83. The van der Waals surface area contributed by atoms with Crippen molar-refractivity contribution in [3.05, 3.63) is 54.1 Å². The molecule has 3 nitrogen and oxygen atoms in total. The van der Waals surface area contributed by atoms with Crippen LogP contribution in [0.15, 0.2) is 48.5 Å². The molecule has 0 radical (unpaired) electrons. The Kier molecular flexibility index (Phi) is 4.53. The second kappa shape index (κ2) is 6.35. The van der Waals surface area contributed by atoms with E-state index in [9.17, 15) is 4.79 Å². The summed E-state index contributed by atoms with van der Waals surface area (Å²) < 4.78 is 10.5. The fourth-order valence-corrected chi connectivity index (χ4v) is 2.78. The molecular formula is C15H15O3P. The molecule has 4 heteroatoms. The average Bonchev–Trinajstić information content (AvgIpc) is 2.47. The maximum Gasteiger partial charge on any atom is 0.193 e. The Balaban J connectivity index is 2.33. The summed E-state index contributed by atoms with van der Waals surface area (Å²) in [5.74, 6) is 1.10. The topological polar surface area (TPSA) is 35.5 Å². The lowest BCUT2D eigenvalue weighted by Crippen LogP contribution is -2.04. The van der Waals surface area contributed by atoms with Gasteiger partial charge in [-0.1, -0.05) is 36.4 Å². The Hall–Kier alpha value is -1.86. The van der Waals surface area contributed by atoms with Crippen molar-refractivity contribution in [3.63, 3.8) is 0 Å². The first-order chi connectivity index (χ1) is 9.26. The van der Waals surface area contributed by atoms with Crippen molar-refractivity contribution in [2.45, 2.75) is 0 Å². The molecule has 0 aromatic heterocycles. The van der Waals surface area contributed by atoms with Crippen LogP contribution in [0.2, 0.25) is 0 Å². The molecule has 19 heavy (non-hydrogen) atoms. The van der Waals surface area contributed by atoms with Crippen LogP contribution in [0.4, 0.5) is 0 Å². The SMILES string of the molecule is COc1cccc(OC)c1C(=O)Pc1ccccc1. The molecule has 98 valence electrons. The number of hydrogen-bond donors (Lipinski definition) is 0. The lowest BCUT2D eigenvalue weighted by Gasteiger charge is -2.11. The minimum absolute atomic E-state index is 0.0144. The molecule has 0 saturated heterocycles. The predicted octanol–water partition coefficient (Wildman–Crippen LogP) is 2.85. The molecule has 2 rings (SSSR count). The lowest BCUT2D eigenvalue weighted by atomic mass is 10.2. The molecule has 0 N–H and O–H groups in total. The molecule has 0 aliphatic rings. The standard InChI is InChI=1S/C15H15O3P/c1-17-12-9-6-10-13(18-2)14(12)15(16)19-11-7-4-3-5-8-11/h3-10,19H,1-2H3. The normalized spacial score (nSPS) is 10.6. The van der Waals surface area contributed by atoms with E-state index in [0.717, 1.165) is 5.30 Å². The highest BCUT2D eigenvalue weighted by atomic mass is 31.1. The highest BCUT2D eigenvalue weighted by molar-refractivity contribution is 7.66. The van der Waals surface area contributed by atoms with Crippen LogP contribution in [-0.4, -0.2) is 19.7 Å². The van der Waals surface area contributed by atoms with Crippen LogP contribution in [0.3, 0.4) is 0 Å². The molecule has 0 amide bonds. The van der Waals surface area contributed by atoms with Crippen molar-refractivity contribution in [1.82, 2.24) is 0 Å². The molecule has 1 atom stereocenters. The Bertz CT molecular complexity index is 545. The van der Waals surface area contributed by atoms with Crippen LogP contribution in [0.25, 0.3) is 0 Å². The van der Waals surface area contributed by atoms with Crippen LogP contribution < -0.4 is 14.8 Å². The summed E-state index contributed by atoms with van der Waals surface area (Å²) in [4.78, 5) is 12.4. The fourth-order valence-electron chi connectivity index (χ4n) is 1.79. The molecule has 0 spiro atoms. The minimum Gasteiger partial charge on any atom is -0.496 e. The van der Waals surface area contributed by atoms with Crippen LogP contribution in [0.5, 0.6) is 11.5 Å². The monoisotopic (exact) mass is 274 g/mol. The van der Waals surface area contributed by atoms with Gasteiger partial charge < -0.3 is 9.47 Å². The van der Waals surface area contributed by atoms with Gasteiger partial charge in [-0.3, -0.25) is 4.79 Å². The van der Waals surface area contributed by atoms with Gasteiger partial charge in [0.05, 0.1) is 14.2 Å². The van der Waals surface area contributed by atoms with E-state index in [1.807, 2.05) is 30.3 Å².